The largest absolute Gasteiger partial charge is 0.354 e. The van der Waals surface area contributed by atoms with Gasteiger partial charge in [-0.3, -0.25) is 0 Å². The summed E-state index contributed by atoms with van der Waals surface area (Å²) >= 11 is 0. The lowest BCUT2D eigenvalue weighted by atomic mass is 10.1. The first kappa shape index (κ1) is 12.4. The molecular formula is C16H21N3. The van der Waals surface area contributed by atoms with Crippen LogP contribution in [0.25, 0.3) is 10.9 Å². The summed E-state index contributed by atoms with van der Waals surface area (Å²) in [4.78, 5) is 7.34. The van der Waals surface area contributed by atoms with Crippen LogP contribution in [0.5, 0.6) is 0 Å². The van der Waals surface area contributed by atoms with Gasteiger partial charge in [0, 0.05) is 18.0 Å². The molecule has 1 saturated heterocycles. The van der Waals surface area contributed by atoms with Crippen molar-refractivity contribution in [3.63, 3.8) is 0 Å². The fourth-order valence-electron chi connectivity index (χ4n) is 2.99. The smallest absolute Gasteiger partial charge is 0.132 e. The number of nitrogens with two attached hydrogens (primary N) is 1. The Balaban J connectivity index is 2.11. The van der Waals surface area contributed by atoms with Crippen molar-refractivity contribution in [2.75, 3.05) is 18.0 Å². The predicted molar refractivity (Wildman–Crippen MR) is 80.5 cm³/mol. The molecule has 1 aliphatic rings. The van der Waals surface area contributed by atoms with Crippen LogP contribution in [0, 0.1) is 0 Å². The first-order valence-corrected chi connectivity index (χ1v) is 7.15. The number of hydrogen-bond acceptors (Lipinski definition) is 3. The summed E-state index contributed by atoms with van der Waals surface area (Å²) in [6, 6.07) is 11.2. The van der Waals surface area contributed by atoms with Gasteiger partial charge in [0.2, 0.25) is 0 Å². The Morgan fingerprint density at radius 3 is 2.95 bits per heavy atom. The van der Waals surface area contributed by atoms with Crippen molar-refractivity contribution in [1.29, 1.82) is 0 Å². The summed E-state index contributed by atoms with van der Waals surface area (Å²) in [5, 5.41) is 1.21. The van der Waals surface area contributed by atoms with Gasteiger partial charge in [0.15, 0.2) is 0 Å². The molecule has 3 nitrogen and oxygen atoms in total. The number of hydrogen-bond donors (Lipinski definition) is 1. The van der Waals surface area contributed by atoms with E-state index >= 15 is 0 Å². The molecule has 19 heavy (non-hydrogen) atoms. The third-order valence-electron chi connectivity index (χ3n) is 4.02. The predicted octanol–water partition coefficient (Wildman–Crippen LogP) is 2.72. The Kier molecular flexibility index (Phi) is 3.38. The van der Waals surface area contributed by atoms with Gasteiger partial charge in [0.25, 0.3) is 0 Å². The maximum absolute atomic E-state index is 5.76. The standard InChI is InChI=1S/C16H21N3/c1-12-5-4-10-19(12)16-14(8-9-17)11-13-6-2-3-7-15(13)18-16/h2-3,6-7,11-12H,4-5,8-10,17H2,1H3. The molecule has 0 bridgehead atoms. The topological polar surface area (TPSA) is 42.2 Å². The van der Waals surface area contributed by atoms with Crippen molar-refractivity contribution in [3.8, 4) is 0 Å². The molecule has 0 radical (unpaired) electrons. The fraction of sp³-hybridized carbons (Fsp3) is 0.438. The van der Waals surface area contributed by atoms with Gasteiger partial charge in [0.05, 0.1) is 5.52 Å². The average molecular weight is 255 g/mol. The van der Waals surface area contributed by atoms with E-state index in [4.69, 9.17) is 10.7 Å². The van der Waals surface area contributed by atoms with Crippen LogP contribution in [0.2, 0.25) is 0 Å². The molecule has 100 valence electrons. The molecule has 2 N–H and O–H groups in total. The van der Waals surface area contributed by atoms with Crippen LogP contribution >= 0.6 is 0 Å². The molecule has 1 fully saturated rings. The molecule has 1 atom stereocenters. The van der Waals surface area contributed by atoms with Gasteiger partial charge >= 0.3 is 0 Å². The third kappa shape index (κ3) is 2.30. The molecule has 2 heterocycles. The molecule has 1 aromatic heterocycles. The quantitative estimate of drug-likeness (QED) is 0.917. The van der Waals surface area contributed by atoms with E-state index in [-0.39, 0.29) is 0 Å². The number of nitrogens with zero attached hydrogens (tertiary/aromatic N) is 2. The number of benzene rings is 1. The fourth-order valence-corrected chi connectivity index (χ4v) is 2.99. The van der Waals surface area contributed by atoms with Crippen molar-refractivity contribution in [1.82, 2.24) is 4.98 Å². The van der Waals surface area contributed by atoms with Crippen LogP contribution in [-0.4, -0.2) is 24.1 Å². The molecule has 1 unspecified atom stereocenters. The van der Waals surface area contributed by atoms with Crippen LogP contribution in [0.3, 0.4) is 0 Å². The normalized spacial score (nSPS) is 19.3. The molecule has 1 aromatic carbocycles. The van der Waals surface area contributed by atoms with E-state index in [1.165, 1.54) is 23.8 Å². The second kappa shape index (κ2) is 5.17. The molecule has 0 aliphatic carbocycles. The summed E-state index contributed by atoms with van der Waals surface area (Å²) in [6.07, 6.45) is 3.42. The molecule has 0 amide bonds. The number of fused-ring (bicyclic) bond motifs is 1. The van der Waals surface area contributed by atoms with Crippen molar-refractivity contribution >= 4 is 16.7 Å². The molecule has 0 spiro atoms. The highest BCUT2D eigenvalue weighted by Crippen LogP contribution is 2.29. The lowest BCUT2D eigenvalue weighted by Crippen LogP contribution is -2.28. The van der Waals surface area contributed by atoms with E-state index in [0.29, 0.717) is 12.6 Å². The van der Waals surface area contributed by atoms with Crippen molar-refractivity contribution in [2.45, 2.75) is 32.2 Å². The molecule has 2 aromatic rings. The minimum atomic E-state index is 0.588. The van der Waals surface area contributed by atoms with E-state index < -0.39 is 0 Å². The Morgan fingerprint density at radius 2 is 2.21 bits per heavy atom. The highest BCUT2D eigenvalue weighted by Gasteiger charge is 2.23. The second-order valence-corrected chi connectivity index (χ2v) is 5.39. The molecule has 3 heteroatoms. The van der Waals surface area contributed by atoms with Crippen molar-refractivity contribution < 1.29 is 0 Å². The Labute approximate surface area is 114 Å². The molecular weight excluding hydrogens is 234 g/mol. The van der Waals surface area contributed by atoms with E-state index in [0.717, 1.165) is 24.3 Å². The molecule has 1 aliphatic heterocycles. The molecule has 0 saturated carbocycles. The summed E-state index contributed by atoms with van der Waals surface area (Å²) in [5.41, 5.74) is 8.13. The van der Waals surface area contributed by atoms with Crippen LogP contribution < -0.4 is 10.6 Å². The van der Waals surface area contributed by atoms with Gasteiger partial charge in [-0.25, -0.2) is 4.98 Å². The number of aromatic nitrogens is 1. The van der Waals surface area contributed by atoms with Crippen LogP contribution in [0.15, 0.2) is 30.3 Å². The zero-order valence-corrected chi connectivity index (χ0v) is 11.5. The summed E-state index contributed by atoms with van der Waals surface area (Å²) in [6.45, 7) is 4.08. The van der Waals surface area contributed by atoms with Gasteiger partial charge < -0.3 is 10.6 Å². The lowest BCUT2D eigenvalue weighted by molar-refractivity contribution is 0.723. The highest BCUT2D eigenvalue weighted by molar-refractivity contribution is 5.82. The lowest BCUT2D eigenvalue weighted by Gasteiger charge is -2.25. The summed E-state index contributed by atoms with van der Waals surface area (Å²) in [7, 11) is 0. The Bertz CT molecular complexity index is 579. The minimum Gasteiger partial charge on any atom is -0.354 e. The van der Waals surface area contributed by atoms with Crippen LogP contribution in [-0.2, 0) is 6.42 Å². The minimum absolute atomic E-state index is 0.588. The van der Waals surface area contributed by atoms with E-state index in [9.17, 15) is 0 Å². The van der Waals surface area contributed by atoms with Crippen molar-refractivity contribution in [2.24, 2.45) is 5.73 Å². The molecule has 3 rings (SSSR count). The number of anilines is 1. The maximum atomic E-state index is 5.76. The maximum Gasteiger partial charge on any atom is 0.132 e. The van der Waals surface area contributed by atoms with Crippen LogP contribution in [0.4, 0.5) is 5.82 Å². The third-order valence-corrected chi connectivity index (χ3v) is 4.02. The zero-order chi connectivity index (χ0) is 13.2. The van der Waals surface area contributed by atoms with Crippen molar-refractivity contribution in [3.05, 3.63) is 35.9 Å². The Morgan fingerprint density at radius 1 is 1.37 bits per heavy atom. The van der Waals surface area contributed by atoms with Gasteiger partial charge in [-0.05, 0) is 50.4 Å². The SMILES string of the molecule is CC1CCCN1c1nc2ccccc2cc1CCN. The highest BCUT2D eigenvalue weighted by atomic mass is 15.2. The monoisotopic (exact) mass is 255 g/mol. The van der Waals surface area contributed by atoms with E-state index in [1.807, 2.05) is 0 Å². The summed E-state index contributed by atoms with van der Waals surface area (Å²) < 4.78 is 0. The average Bonchev–Trinajstić information content (AvgIpc) is 2.84. The first-order chi connectivity index (χ1) is 9.29. The Hall–Kier alpha value is -1.61. The van der Waals surface area contributed by atoms with E-state index in [1.54, 1.807) is 0 Å². The van der Waals surface area contributed by atoms with Crippen LogP contribution in [0.1, 0.15) is 25.3 Å². The van der Waals surface area contributed by atoms with Gasteiger partial charge in [-0.15, -0.1) is 0 Å². The van der Waals surface area contributed by atoms with Gasteiger partial charge in [-0.2, -0.15) is 0 Å². The second-order valence-electron chi connectivity index (χ2n) is 5.39. The number of pyridine rings is 1. The van der Waals surface area contributed by atoms with Gasteiger partial charge in [0.1, 0.15) is 5.82 Å². The summed E-state index contributed by atoms with van der Waals surface area (Å²) in [5.74, 6) is 1.15. The first-order valence-electron chi connectivity index (χ1n) is 7.15. The zero-order valence-electron chi connectivity index (χ0n) is 11.5. The number of rotatable bonds is 3. The van der Waals surface area contributed by atoms with Gasteiger partial charge in [-0.1, -0.05) is 18.2 Å². The van der Waals surface area contributed by atoms with E-state index in [2.05, 4.69) is 42.2 Å². The number of para-hydroxylation sites is 1.